The van der Waals surface area contributed by atoms with Gasteiger partial charge in [0.25, 0.3) is 0 Å². The number of carbonyl (C=O) groups excluding carboxylic acids is 1. The van der Waals surface area contributed by atoms with Gasteiger partial charge in [-0.1, -0.05) is 43.2 Å². The van der Waals surface area contributed by atoms with Crippen LogP contribution >= 0.6 is 11.3 Å². The zero-order valence-electron chi connectivity index (χ0n) is 16.5. The van der Waals surface area contributed by atoms with E-state index in [0.29, 0.717) is 13.1 Å². The van der Waals surface area contributed by atoms with Crippen molar-refractivity contribution >= 4 is 27.1 Å². The van der Waals surface area contributed by atoms with Crippen LogP contribution in [0.1, 0.15) is 47.4 Å². The molecule has 28 heavy (non-hydrogen) atoms. The lowest BCUT2D eigenvalue weighted by Gasteiger charge is -2.23. The molecule has 1 aliphatic rings. The third kappa shape index (κ3) is 5.92. The number of aryl methyl sites for hydroxylation is 1. The summed E-state index contributed by atoms with van der Waals surface area (Å²) in [5, 5.41) is -0.238. The van der Waals surface area contributed by atoms with Crippen LogP contribution in [0.15, 0.2) is 42.5 Å². The maximum Gasteiger partial charge on any atom is 0.223 e. The number of hydrogen-bond acceptors (Lipinski definition) is 4. The second kappa shape index (κ2) is 9.70. The van der Waals surface area contributed by atoms with Gasteiger partial charge in [0.1, 0.15) is 0 Å². The fourth-order valence-corrected chi connectivity index (χ4v) is 6.51. The van der Waals surface area contributed by atoms with Gasteiger partial charge in [-0.3, -0.25) is 4.79 Å². The van der Waals surface area contributed by atoms with Crippen molar-refractivity contribution in [3.63, 3.8) is 0 Å². The molecule has 1 aromatic carbocycles. The van der Waals surface area contributed by atoms with Crippen molar-refractivity contribution in [2.75, 3.05) is 12.3 Å². The number of amides is 1. The van der Waals surface area contributed by atoms with Gasteiger partial charge in [-0.2, -0.15) is 0 Å². The topological polar surface area (TPSA) is 54.5 Å². The highest BCUT2D eigenvalue weighted by Crippen LogP contribution is 2.26. The number of nitrogens with zero attached hydrogens (tertiary/aromatic N) is 1. The molecule has 0 atom stereocenters. The summed E-state index contributed by atoms with van der Waals surface area (Å²) in [4.78, 5) is 17.1. The Balaban J connectivity index is 1.63. The average molecular weight is 420 g/mol. The number of thiophene rings is 1. The first-order valence-corrected chi connectivity index (χ1v) is 12.6. The van der Waals surface area contributed by atoms with E-state index >= 15 is 0 Å². The summed E-state index contributed by atoms with van der Waals surface area (Å²) in [5.74, 6) is -0.0921. The van der Waals surface area contributed by atoms with E-state index in [9.17, 15) is 13.2 Å². The molecular weight excluding hydrogens is 390 g/mol. The molecule has 1 aromatic heterocycles. The third-order valence-corrected chi connectivity index (χ3v) is 8.66. The molecule has 152 valence electrons. The van der Waals surface area contributed by atoms with Gasteiger partial charge in [-0.05, 0) is 43.9 Å². The molecule has 0 N–H and O–H groups in total. The molecule has 0 spiro atoms. The summed E-state index contributed by atoms with van der Waals surface area (Å²) >= 11 is 1.69. The van der Waals surface area contributed by atoms with E-state index in [1.807, 2.05) is 23.1 Å². The van der Waals surface area contributed by atoms with Crippen molar-refractivity contribution < 1.29 is 13.2 Å². The van der Waals surface area contributed by atoms with Crippen molar-refractivity contribution in [2.45, 2.75) is 57.2 Å². The summed E-state index contributed by atoms with van der Waals surface area (Å²) in [6, 6.07) is 14.2. The Kier molecular flexibility index (Phi) is 7.30. The molecule has 1 saturated carbocycles. The molecule has 3 rings (SSSR count). The highest BCUT2D eigenvalue weighted by Gasteiger charge is 2.29. The van der Waals surface area contributed by atoms with E-state index < -0.39 is 9.84 Å². The lowest BCUT2D eigenvalue weighted by atomic mass is 10.1. The van der Waals surface area contributed by atoms with E-state index in [2.05, 4.69) is 31.2 Å². The molecule has 1 fully saturated rings. The van der Waals surface area contributed by atoms with Crippen LogP contribution < -0.4 is 0 Å². The van der Waals surface area contributed by atoms with Crippen LogP contribution in [0.4, 0.5) is 0 Å². The lowest BCUT2D eigenvalue weighted by Crippen LogP contribution is -2.34. The Morgan fingerprint density at radius 1 is 1.11 bits per heavy atom. The molecular formula is C22H29NO3S2. The highest BCUT2D eigenvalue weighted by molar-refractivity contribution is 7.92. The molecule has 0 unspecified atom stereocenters. The Morgan fingerprint density at radius 3 is 2.46 bits per heavy atom. The number of sulfone groups is 1. The van der Waals surface area contributed by atoms with Crippen molar-refractivity contribution in [3.8, 4) is 0 Å². The van der Waals surface area contributed by atoms with Crippen molar-refractivity contribution in [3.05, 3.63) is 57.8 Å². The van der Waals surface area contributed by atoms with Crippen LogP contribution in [0.25, 0.3) is 0 Å². The largest absolute Gasteiger partial charge is 0.337 e. The summed E-state index contributed by atoms with van der Waals surface area (Å²) in [5.41, 5.74) is 1.18. The first-order chi connectivity index (χ1) is 13.4. The molecule has 1 amide bonds. The van der Waals surface area contributed by atoms with Gasteiger partial charge in [0, 0.05) is 22.7 Å². The predicted molar refractivity (Wildman–Crippen MR) is 115 cm³/mol. The van der Waals surface area contributed by atoms with E-state index in [1.54, 1.807) is 11.3 Å². The van der Waals surface area contributed by atoms with Gasteiger partial charge in [0.15, 0.2) is 9.84 Å². The van der Waals surface area contributed by atoms with Gasteiger partial charge in [-0.15, -0.1) is 11.3 Å². The van der Waals surface area contributed by atoms with Crippen LogP contribution in [0.2, 0.25) is 0 Å². The van der Waals surface area contributed by atoms with Crippen molar-refractivity contribution in [1.82, 2.24) is 4.90 Å². The summed E-state index contributed by atoms with van der Waals surface area (Å²) in [7, 11) is -3.17. The molecule has 4 nitrogen and oxygen atoms in total. The van der Waals surface area contributed by atoms with Crippen LogP contribution in [-0.2, 0) is 27.6 Å². The molecule has 6 heteroatoms. The lowest BCUT2D eigenvalue weighted by molar-refractivity contribution is -0.131. The Labute approximate surface area is 172 Å². The standard InChI is InChI=1S/C22H29NO3S2/c1-18-11-12-20(27-18)17-23(15-13-19-7-3-2-4-8-19)22(24)14-16-28(25,26)21-9-5-6-10-21/h2-4,7-8,11-12,21H,5-6,9-10,13-17H2,1H3. The zero-order chi connectivity index (χ0) is 20.0. The summed E-state index contributed by atoms with van der Waals surface area (Å²) < 4.78 is 25.1. The summed E-state index contributed by atoms with van der Waals surface area (Å²) in [6.45, 7) is 3.20. The Hall–Kier alpha value is -1.66. The van der Waals surface area contributed by atoms with Gasteiger partial charge < -0.3 is 4.90 Å². The number of carbonyl (C=O) groups is 1. The quantitative estimate of drug-likeness (QED) is 0.606. The van der Waals surface area contributed by atoms with Crippen LogP contribution in [0.5, 0.6) is 0 Å². The van der Waals surface area contributed by atoms with E-state index in [4.69, 9.17) is 0 Å². The normalized spacial score (nSPS) is 15.0. The maximum absolute atomic E-state index is 12.9. The second-order valence-corrected chi connectivity index (χ2v) is 11.4. The fourth-order valence-electron chi connectivity index (χ4n) is 3.76. The zero-order valence-corrected chi connectivity index (χ0v) is 18.1. The molecule has 1 aliphatic carbocycles. The van der Waals surface area contributed by atoms with Crippen LogP contribution in [0, 0.1) is 6.92 Å². The molecule has 0 radical (unpaired) electrons. The number of rotatable bonds is 9. The average Bonchev–Trinajstić information content (AvgIpc) is 3.36. The first-order valence-electron chi connectivity index (χ1n) is 10.0. The summed E-state index contributed by atoms with van der Waals surface area (Å²) in [6.07, 6.45) is 4.33. The molecule has 0 aliphatic heterocycles. The number of hydrogen-bond donors (Lipinski definition) is 0. The van der Waals surface area contributed by atoms with Gasteiger partial charge in [0.2, 0.25) is 5.91 Å². The first kappa shape index (κ1) is 21.1. The van der Waals surface area contributed by atoms with Gasteiger partial charge in [0.05, 0.1) is 17.5 Å². The SMILES string of the molecule is Cc1ccc(CN(CCc2ccccc2)C(=O)CCS(=O)(=O)C2CCCC2)s1. The molecule has 0 bridgehead atoms. The monoisotopic (exact) mass is 419 g/mol. The minimum atomic E-state index is -3.17. The molecule has 1 heterocycles. The number of benzene rings is 1. The van der Waals surface area contributed by atoms with E-state index in [0.717, 1.165) is 37.0 Å². The molecule has 2 aromatic rings. The van der Waals surface area contributed by atoms with Gasteiger partial charge >= 0.3 is 0 Å². The van der Waals surface area contributed by atoms with Crippen LogP contribution in [-0.4, -0.2) is 36.8 Å². The Bertz CT molecular complexity index is 868. The third-order valence-electron chi connectivity index (χ3n) is 5.42. The Morgan fingerprint density at radius 2 is 1.82 bits per heavy atom. The molecule has 0 saturated heterocycles. The highest BCUT2D eigenvalue weighted by atomic mass is 32.2. The van der Waals surface area contributed by atoms with E-state index in [1.165, 1.54) is 10.4 Å². The minimum Gasteiger partial charge on any atom is -0.337 e. The second-order valence-electron chi connectivity index (χ2n) is 7.59. The minimum absolute atomic E-state index is 0.0260. The van der Waals surface area contributed by atoms with Crippen LogP contribution in [0.3, 0.4) is 0 Å². The smallest absolute Gasteiger partial charge is 0.223 e. The van der Waals surface area contributed by atoms with Crippen molar-refractivity contribution in [2.24, 2.45) is 0 Å². The predicted octanol–water partition coefficient (Wildman–Crippen LogP) is 4.38. The fraction of sp³-hybridized carbons (Fsp3) is 0.500. The van der Waals surface area contributed by atoms with Gasteiger partial charge in [-0.25, -0.2) is 8.42 Å². The maximum atomic E-state index is 12.9. The van der Waals surface area contributed by atoms with E-state index in [-0.39, 0.29) is 23.3 Å². The van der Waals surface area contributed by atoms with Crippen molar-refractivity contribution in [1.29, 1.82) is 0 Å².